The lowest BCUT2D eigenvalue weighted by molar-refractivity contribution is -0.169. The van der Waals surface area contributed by atoms with Crippen LogP contribution in [0.3, 0.4) is 0 Å². The number of ether oxygens (including phenoxy) is 2. The van der Waals surface area contributed by atoms with Crippen molar-refractivity contribution in [3.63, 3.8) is 0 Å². The van der Waals surface area contributed by atoms with Crippen LogP contribution in [0, 0.1) is 0 Å². The molecule has 0 radical (unpaired) electrons. The fourth-order valence-electron chi connectivity index (χ4n) is 3.26. The van der Waals surface area contributed by atoms with Crippen LogP contribution in [-0.2, 0) is 19.1 Å². The molecule has 0 bridgehead atoms. The third-order valence-electron chi connectivity index (χ3n) is 4.78. The van der Waals surface area contributed by atoms with Crippen molar-refractivity contribution in [2.24, 2.45) is 0 Å². The fraction of sp³-hybridized carbons (Fsp3) is 0.182. The van der Waals surface area contributed by atoms with Crippen LogP contribution in [0.2, 0.25) is 0 Å². The molecule has 3 heterocycles. The zero-order valence-electron chi connectivity index (χ0n) is 17.1. The molecular weight excluding hydrogens is 501 g/mol. The average molecular weight is 517 g/mol. The number of hydrogen-bond donors (Lipinski definition) is 1. The van der Waals surface area contributed by atoms with Crippen LogP contribution in [-0.4, -0.2) is 45.0 Å². The van der Waals surface area contributed by atoms with Crippen molar-refractivity contribution in [2.45, 2.75) is 21.2 Å². The summed E-state index contributed by atoms with van der Waals surface area (Å²) in [5.74, 6) is -2.29. The number of nitrogens with zero attached hydrogens (tertiary/aromatic N) is 2. The normalized spacial score (nSPS) is 18.3. The van der Waals surface area contributed by atoms with E-state index in [1.165, 1.54) is 34.4 Å². The van der Waals surface area contributed by atoms with Gasteiger partial charge in [-0.3, -0.25) is 0 Å². The predicted molar refractivity (Wildman–Crippen MR) is 131 cm³/mol. The van der Waals surface area contributed by atoms with E-state index in [0.717, 1.165) is 32.2 Å². The summed E-state index contributed by atoms with van der Waals surface area (Å²) in [6.07, 6.45) is 0. The molecule has 0 spiro atoms. The molecule has 1 atom stereocenters. The van der Waals surface area contributed by atoms with Gasteiger partial charge >= 0.3 is 11.9 Å². The first-order valence-corrected chi connectivity index (χ1v) is 13.3. The van der Waals surface area contributed by atoms with Crippen molar-refractivity contribution in [1.29, 1.82) is 0 Å². The first-order valence-electron chi connectivity index (χ1n) is 9.86. The molecule has 0 saturated heterocycles. The van der Waals surface area contributed by atoms with E-state index >= 15 is 0 Å². The lowest BCUT2D eigenvalue weighted by atomic mass is 10.1. The number of thiazole rings is 2. The number of fused-ring (bicyclic) bond motifs is 2. The number of benzene rings is 2. The summed E-state index contributed by atoms with van der Waals surface area (Å²) in [5.41, 5.74) is -0.149. The summed E-state index contributed by atoms with van der Waals surface area (Å²) in [4.78, 5) is 34.8. The molecule has 0 fully saturated rings. The minimum absolute atomic E-state index is 0.00861. The number of rotatable bonds is 7. The van der Waals surface area contributed by atoms with Crippen LogP contribution in [0.15, 0.2) is 67.9 Å². The van der Waals surface area contributed by atoms with E-state index in [1.54, 1.807) is 6.92 Å². The lowest BCUT2D eigenvalue weighted by Gasteiger charge is -2.26. The van der Waals surface area contributed by atoms with Gasteiger partial charge in [0.1, 0.15) is 0 Å². The van der Waals surface area contributed by atoms with E-state index in [1.807, 2.05) is 48.5 Å². The monoisotopic (exact) mass is 516 g/mol. The Morgan fingerprint density at radius 2 is 1.67 bits per heavy atom. The Bertz CT molecular complexity index is 1350. The van der Waals surface area contributed by atoms with Crippen LogP contribution < -0.4 is 0 Å². The van der Waals surface area contributed by atoms with E-state index in [2.05, 4.69) is 9.97 Å². The van der Waals surface area contributed by atoms with E-state index in [0.29, 0.717) is 8.68 Å². The molecule has 168 valence electrons. The highest BCUT2D eigenvalue weighted by Crippen LogP contribution is 2.48. The zero-order valence-corrected chi connectivity index (χ0v) is 20.4. The van der Waals surface area contributed by atoms with Gasteiger partial charge in [-0.1, -0.05) is 47.8 Å². The summed E-state index contributed by atoms with van der Waals surface area (Å²) in [5, 5.41) is 10.6. The van der Waals surface area contributed by atoms with Crippen molar-refractivity contribution in [1.82, 2.24) is 9.97 Å². The smallest absolute Gasteiger partial charge is 0.375 e. The van der Waals surface area contributed by atoms with Gasteiger partial charge in [0, 0.05) is 0 Å². The lowest BCUT2D eigenvalue weighted by Crippen LogP contribution is -2.44. The Morgan fingerprint density at radius 1 is 1.06 bits per heavy atom. The van der Waals surface area contributed by atoms with Crippen LogP contribution in [0.25, 0.3) is 20.4 Å². The van der Waals surface area contributed by atoms with Crippen molar-refractivity contribution in [3.8, 4) is 0 Å². The molecule has 0 aliphatic carbocycles. The number of carbonyl (C=O) groups is 2. The van der Waals surface area contributed by atoms with Gasteiger partial charge in [-0.15, -0.1) is 22.7 Å². The number of carbonyl (C=O) groups excluding carboxylic acids is 2. The Balaban J connectivity index is 1.50. The van der Waals surface area contributed by atoms with Crippen LogP contribution in [0.1, 0.15) is 6.92 Å². The minimum atomic E-state index is -1.79. The highest BCUT2D eigenvalue weighted by Gasteiger charge is 2.56. The van der Waals surface area contributed by atoms with Gasteiger partial charge in [-0.2, -0.15) is 0 Å². The largest absolute Gasteiger partial charge is 0.501 e. The molecule has 0 saturated carbocycles. The van der Waals surface area contributed by atoms with Crippen LogP contribution in [0.5, 0.6) is 0 Å². The SMILES string of the molecule is CCOC(=O)C1(CSc2nc3ccccc3s2)OC(=O)C(O)=C1Sc1nc2ccccc2s1. The maximum atomic E-state index is 13.1. The number of esters is 2. The van der Waals surface area contributed by atoms with Gasteiger partial charge in [-0.25, -0.2) is 19.6 Å². The number of aliphatic hydroxyl groups excluding tert-OH is 1. The van der Waals surface area contributed by atoms with Crippen molar-refractivity contribution in [3.05, 3.63) is 59.2 Å². The Labute approximate surface area is 204 Å². The summed E-state index contributed by atoms with van der Waals surface area (Å²) in [7, 11) is 0. The van der Waals surface area contributed by atoms with E-state index in [-0.39, 0.29) is 17.3 Å². The van der Waals surface area contributed by atoms with Gasteiger partial charge in [0.05, 0.1) is 37.7 Å². The number of thioether (sulfide) groups is 2. The molecule has 0 amide bonds. The second-order valence-electron chi connectivity index (χ2n) is 6.90. The minimum Gasteiger partial charge on any atom is -0.501 e. The first-order chi connectivity index (χ1) is 16.0. The zero-order chi connectivity index (χ0) is 23.0. The number of cyclic esters (lactones) is 1. The standard InChI is InChI=1S/C22H16N2O5S4/c1-2-28-19(27)22(11-30-20-23-12-7-3-5-9-14(12)31-20)17(16(25)18(26)29-22)33-21-24-13-8-4-6-10-15(13)32-21/h3-10,25H,2,11H2,1H3. The van der Waals surface area contributed by atoms with Gasteiger partial charge in [-0.05, 0) is 31.2 Å². The maximum Gasteiger partial charge on any atom is 0.375 e. The molecule has 1 unspecified atom stereocenters. The Morgan fingerprint density at radius 3 is 2.30 bits per heavy atom. The number of aliphatic hydroxyl groups is 1. The second-order valence-corrected chi connectivity index (χ2v) is 11.4. The molecule has 1 aliphatic heterocycles. The molecule has 1 aliphatic rings. The van der Waals surface area contributed by atoms with E-state index < -0.39 is 23.3 Å². The quantitative estimate of drug-likeness (QED) is 0.255. The van der Waals surface area contributed by atoms with Crippen molar-refractivity contribution in [2.75, 3.05) is 12.4 Å². The van der Waals surface area contributed by atoms with E-state index in [4.69, 9.17) is 9.47 Å². The van der Waals surface area contributed by atoms with Crippen LogP contribution >= 0.6 is 46.2 Å². The number of hydrogen-bond acceptors (Lipinski definition) is 11. The van der Waals surface area contributed by atoms with Gasteiger partial charge < -0.3 is 14.6 Å². The third-order valence-corrected chi connectivity index (χ3v) is 9.43. The Kier molecular flexibility index (Phi) is 6.04. The molecule has 11 heteroatoms. The highest BCUT2D eigenvalue weighted by molar-refractivity contribution is 8.05. The number of aromatic nitrogens is 2. The fourth-order valence-corrected chi connectivity index (χ4v) is 7.79. The predicted octanol–water partition coefficient (Wildman–Crippen LogP) is 5.42. The van der Waals surface area contributed by atoms with Gasteiger partial charge in [0.15, 0.2) is 8.68 Å². The summed E-state index contributed by atoms with van der Waals surface area (Å²) in [6, 6.07) is 15.3. The molecule has 5 rings (SSSR count). The average Bonchev–Trinajstić information content (AvgIpc) is 3.48. The summed E-state index contributed by atoms with van der Waals surface area (Å²) >= 11 is 5.20. The molecule has 33 heavy (non-hydrogen) atoms. The first kappa shape index (κ1) is 22.2. The molecule has 1 N–H and O–H groups in total. The molecule has 4 aromatic rings. The Hall–Kier alpha value is -2.60. The molecule has 2 aromatic heterocycles. The molecular formula is C22H16N2O5S4. The maximum absolute atomic E-state index is 13.1. The van der Waals surface area contributed by atoms with Crippen molar-refractivity contribution >= 4 is 78.6 Å². The molecule has 7 nitrogen and oxygen atoms in total. The highest BCUT2D eigenvalue weighted by atomic mass is 32.2. The molecule has 2 aromatic carbocycles. The summed E-state index contributed by atoms with van der Waals surface area (Å²) < 4.78 is 14.0. The number of para-hydroxylation sites is 2. The van der Waals surface area contributed by atoms with Crippen molar-refractivity contribution < 1.29 is 24.2 Å². The second kappa shape index (κ2) is 8.98. The van der Waals surface area contributed by atoms with Crippen LogP contribution in [0.4, 0.5) is 0 Å². The third kappa shape index (κ3) is 4.10. The van der Waals surface area contributed by atoms with Gasteiger partial charge in [0.25, 0.3) is 5.60 Å². The van der Waals surface area contributed by atoms with E-state index in [9.17, 15) is 14.7 Å². The van der Waals surface area contributed by atoms with Gasteiger partial charge in [0.2, 0.25) is 5.76 Å². The summed E-state index contributed by atoms with van der Waals surface area (Å²) in [6.45, 7) is 1.77. The topological polar surface area (TPSA) is 98.6 Å².